The third kappa shape index (κ3) is 5.67. The molecule has 0 aromatic heterocycles. The van der Waals surface area contributed by atoms with E-state index in [9.17, 15) is 14.7 Å². The molecule has 1 amide bonds. The van der Waals surface area contributed by atoms with Gasteiger partial charge in [-0.1, -0.05) is 30.3 Å². The number of nitrogens with one attached hydrogen (secondary N) is 1. The maximum absolute atomic E-state index is 11.2. The molecule has 1 aromatic rings. The van der Waals surface area contributed by atoms with Crippen molar-refractivity contribution in [2.75, 3.05) is 6.54 Å². The first kappa shape index (κ1) is 13.2. The Bertz CT molecular complexity index is 353. The summed E-state index contributed by atoms with van der Waals surface area (Å²) in [7, 11) is 0. The van der Waals surface area contributed by atoms with E-state index in [0.29, 0.717) is 6.29 Å². The van der Waals surface area contributed by atoms with Gasteiger partial charge >= 0.3 is 6.09 Å². The first-order valence-corrected chi connectivity index (χ1v) is 5.28. The van der Waals surface area contributed by atoms with Crippen molar-refractivity contribution in [3.05, 3.63) is 35.9 Å². The molecule has 0 aliphatic rings. The molecule has 2 N–H and O–H groups in total. The van der Waals surface area contributed by atoms with Crippen molar-refractivity contribution in [2.24, 2.45) is 0 Å². The van der Waals surface area contributed by atoms with Gasteiger partial charge in [0.2, 0.25) is 0 Å². The van der Waals surface area contributed by atoms with Crippen molar-refractivity contribution in [3.63, 3.8) is 0 Å². The van der Waals surface area contributed by atoms with Crippen molar-refractivity contribution >= 4 is 12.4 Å². The second-order valence-electron chi connectivity index (χ2n) is 3.50. The lowest BCUT2D eigenvalue weighted by Gasteiger charge is -2.09. The molecule has 17 heavy (non-hydrogen) atoms. The predicted molar refractivity (Wildman–Crippen MR) is 61.3 cm³/mol. The molecule has 0 aliphatic carbocycles. The van der Waals surface area contributed by atoms with Crippen LogP contribution in [0.5, 0.6) is 0 Å². The minimum Gasteiger partial charge on any atom is -0.445 e. The van der Waals surface area contributed by atoms with E-state index in [1.165, 1.54) is 0 Å². The Morgan fingerprint density at radius 2 is 2.12 bits per heavy atom. The minimum absolute atomic E-state index is 0.00103. The fourth-order valence-corrected chi connectivity index (χ4v) is 1.17. The smallest absolute Gasteiger partial charge is 0.407 e. The molecule has 0 fully saturated rings. The maximum Gasteiger partial charge on any atom is 0.407 e. The number of hydrogen-bond acceptors (Lipinski definition) is 4. The van der Waals surface area contributed by atoms with Crippen LogP contribution in [0.25, 0.3) is 0 Å². The van der Waals surface area contributed by atoms with Gasteiger partial charge < -0.3 is 20.0 Å². The third-order valence-electron chi connectivity index (χ3n) is 2.06. The quantitative estimate of drug-likeness (QED) is 0.720. The number of carbonyl (C=O) groups excluding carboxylic acids is 2. The molecule has 1 aromatic carbocycles. The lowest BCUT2D eigenvalue weighted by molar-refractivity contribution is -0.109. The normalized spacial score (nSPS) is 11.6. The number of aliphatic hydroxyl groups is 1. The Labute approximate surface area is 99.4 Å². The van der Waals surface area contributed by atoms with Gasteiger partial charge in [0.25, 0.3) is 0 Å². The van der Waals surface area contributed by atoms with Gasteiger partial charge in [0.1, 0.15) is 12.9 Å². The zero-order valence-electron chi connectivity index (χ0n) is 9.33. The van der Waals surface area contributed by atoms with E-state index in [4.69, 9.17) is 4.74 Å². The van der Waals surface area contributed by atoms with Crippen molar-refractivity contribution in [1.29, 1.82) is 0 Å². The summed E-state index contributed by atoms with van der Waals surface area (Å²) in [6, 6.07) is 9.26. The zero-order chi connectivity index (χ0) is 12.5. The van der Waals surface area contributed by atoms with E-state index >= 15 is 0 Å². The minimum atomic E-state index is -0.864. The van der Waals surface area contributed by atoms with Crippen LogP contribution in [-0.2, 0) is 16.1 Å². The van der Waals surface area contributed by atoms with Crippen LogP contribution in [0.15, 0.2) is 30.3 Å². The monoisotopic (exact) mass is 237 g/mol. The fourth-order valence-electron chi connectivity index (χ4n) is 1.17. The van der Waals surface area contributed by atoms with Gasteiger partial charge in [0.15, 0.2) is 0 Å². The fraction of sp³-hybridized carbons (Fsp3) is 0.333. The molecule has 0 saturated heterocycles. The van der Waals surface area contributed by atoms with Gasteiger partial charge in [-0.25, -0.2) is 4.79 Å². The largest absolute Gasteiger partial charge is 0.445 e. The number of carbonyl (C=O) groups is 2. The van der Waals surface area contributed by atoms with Gasteiger partial charge in [-0.15, -0.1) is 0 Å². The number of alkyl carbamates (subject to hydrolysis) is 1. The van der Waals surface area contributed by atoms with Crippen LogP contribution in [-0.4, -0.2) is 30.1 Å². The molecule has 0 radical (unpaired) electrons. The Morgan fingerprint density at radius 3 is 2.76 bits per heavy atom. The summed E-state index contributed by atoms with van der Waals surface area (Å²) in [6.45, 7) is 0.183. The van der Waals surface area contributed by atoms with E-state index in [2.05, 4.69) is 5.32 Å². The van der Waals surface area contributed by atoms with Crippen molar-refractivity contribution in [2.45, 2.75) is 19.1 Å². The molecule has 0 bridgehead atoms. The lowest BCUT2D eigenvalue weighted by atomic mass is 10.2. The summed E-state index contributed by atoms with van der Waals surface area (Å²) in [5.74, 6) is 0. The Hall–Kier alpha value is -1.88. The van der Waals surface area contributed by atoms with Gasteiger partial charge in [-0.2, -0.15) is 0 Å². The maximum atomic E-state index is 11.2. The standard InChI is InChI=1S/C12H15NO4/c14-7-6-11(15)8-13-12(16)17-9-10-4-2-1-3-5-10/h1-5,7,11,15H,6,8-9H2,(H,13,16)/t11-/m1/s1. The first-order chi connectivity index (χ1) is 8.22. The molecule has 5 nitrogen and oxygen atoms in total. The van der Waals surface area contributed by atoms with Crippen molar-refractivity contribution in [1.82, 2.24) is 5.32 Å². The number of rotatable bonds is 6. The highest BCUT2D eigenvalue weighted by Gasteiger charge is 2.07. The second-order valence-corrected chi connectivity index (χ2v) is 3.50. The van der Waals surface area contributed by atoms with Crippen LogP contribution >= 0.6 is 0 Å². The Morgan fingerprint density at radius 1 is 1.41 bits per heavy atom. The number of ether oxygens (including phenoxy) is 1. The van der Waals surface area contributed by atoms with Crippen molar-refractivity contribution in [3.8, 4) is 0 Å². The predicted octanol–water partition coefficient (Wildman–Crippen LogP) is 0.863. The molecule has 1 rings (SSSR count). The van der Waals surface area contributed by atoms with E-state index < -0.39 is 12.2 Å². The van der Waals surface area contributed by atoms with Gasteiger partial charge in [-0.3, -0.25) is 0 Å². The molecule has 0 aliphatic heterocycles. The average molecular weight is 237 g/mol. The van der Waals surface area contributed by atoms with E-state index in [1.54, 1.807) is 0 Å². The number of amides is 1. The number of benzene rings is 1. The molecular formula is C12H15NO4. The van der Waals surface area contributed by atoms with E-state index in [1.807, 2.05) is 30.3 Å². The van der Waals surface area contributed by atoms with Gasteiger partial charge in [0, 0.05) is 13.0 Å². The average Bonchev–Trinajstić information content (AvgIpc) is 2.35. The number of hydrogen-bond donors (Lipinski definition) is 2. The number of aldehydes is 1. The van der Waals surface area contributed by atoms with E-state index in [0.717, 1.165) is 5.56 Å². The van der Waals surface area contributed by atoms with E-state index in [-0.39, 0.29) is 19.6 Å². The molecule has 0 saturated carbocycles. The molecule has 0 heterocycles. The molecule has 92 valence electrons. The van der Waals surface area contributed by atoms with Crippen LogP contribution in [0.3, 0.4) is 0 Å². The van der Waals surface area contributed by atoms with Crippen LogP contribution < -0.4 is 5.32 Å². The highest BCUT2D eigenvalue weighted by molar-refractivity contribution is 5.67. The highest BCUT2D eigenvalue weighted by atomic mass is 16.5. The van der Waals surface area contributed by atoms with Crippen molar-refractivity contribution < 1.29 is 19.4 Å². The lowest BCUT2D eigenvalue weighted by Crippen LogP contribution is -2.32. The van der Waals surface area contributed by atoms with Crippen LogP contribution in [0.4, 0.5) is 4.79 Å². The summed E-state index contributed by atoms with van der Waals surface area (Å²) in [5, 5.41) is 11.5. The molecule has 0 unspecified atom stereocenters. The van der Waals surface area contributed by atoms with Gasteiger partial charge in [0.05, 0.1) is 6.10 Å². The second kappa shape index (κ2) is 7.40. The van der Waals surface area contributed by atoms with Crippen LogP contribution in [0, 0.1) is 0 Å². The summed E-state index contributed by atoms with van der Waals surface area (Å²) >= 11 is 0. The SMILES string of the molecule is O=CC[C@@H](O)CNC(=O)OCc1ccccc1. The van der Waals surface area contributed by atoms with Crippen LogP contribution in [0.2, 0.25) is 0 Å². The Kier molecular flexibility index (Phi) is 5.74. The Balaban J connectivity index is 2.19. The topological polar surface area (TPSA) is 75.6 Å². The molecular weight excluding hydrogens is 222 g/mol. The van der Waals surface area contributed by atoms with Crippen LogP contribution in [0.1, 0.15) is 12.0 Å². The zero-order valence-corrected chi connectivity index (χ0v) is 9.33. The summed E-state index contributed by atoms with van der Waals surface area (Å²) in [6.07, 6.45) is -0.878. The molecule has 0 spiro atoms. The third-order valence-corrected chi connectivity index (χ3v) is 2.06. The summed E-state index contributed by atoms with van der Waals surface area (Å²) in [5.41, 5.74) is 0.885. The highest BCUT2D eigenvalue weighted by Crippen LogP contribution is 2.00. The number of aliphatic hydroxyl groups excluding tert-OH is 1. The first-order valence-electron chi connectivity index (χ1n) is 5.28. The summed E-state index contributed by atoms with van der Waals surface area (Å²) in [4.78, 5) is 21.3. The molecule has 5 heteroatoms. The molecule has 1 atom stereocenters. The summed E-state index contributed by atoms with van der Waals surface area (Å²) < 4.78 is 4.91. The van der Waals surface area contributed by atoms with Gasteiger partial charge in [-0.05, 0) is 5.56 Å².